The van der Waals surface area contributed by atoms with E-state index < -0.39 is 6.17 Å². The Hall–Kier alpha value is -2.04. The third kappa shape index (κ3) is 2.24. The smallest absolute Gasteiger partial charge is 0.254 e. The van der Waals surface area contributed by atoms with E-state index in [-0.39, 0.29) is 11.9 Å². The van der Waals surface area contributed by atoms with Gasteiger partial charge in [-0.15, -0.1) is 0 Å². The summed E-state index contributed by atoms with van der Waals surface area (Å²) in [4.78, 5) is 22.3. The Bertz CT molecular complexity index is 646. The second-order valence-electron chi connectivity index (χ2n) is 5.19. The number of hydrogen-bond donors (Lipinski definition) is 0. The van der Waals surface area contributed by atoms with E-state index in [1.165, 1.54) is 4.90 Å². The van der Waals surface area contributed by atoms with E-state index >= 15 is 0 Å². The number of halogens is 1. The van der Waals surface area contributed by atoms with E-state index in [2.05, 4.69) is 9.97 Å². The largest absolute Gasteiger partial charge is 0.336 e. The second-order valence-corrected chi connectivity index (χ2v) is 5.19. The molecule has 2 atom stereocenters. The summed E-state index contributed by atoms with van der Waals surface area (Å²) in [5.74, 6) is -0.160. The molecule has 1 saturated carbocycles. The minimum absolute atomic E-state index is 0.160. The predicted octanol–water partition coefficient (Wildman–Crippen LogP) is 2.59. The number of hydrogen-bond acceptors (Lipinski definition) is 3. The standard InChI is InChI=1S/C15H16FN3O/c1-19(14-4-2-3-11(14)16)15(20)10-5-6-12-13(9-10)18-8-7-17-12/h5-9,11,14H,2-4H2,1H3. The summed E-state index contributed by atoms with van der Waals surface area (Å²) in [6.07, 6.45) is 4.41. The van der Waals surface area contributed by atoms with Gasteiger partial charge < -0.3 is 4.90 Å². The molecule has 0 radical (unpaired) electrons. The van der Waals surface area contributed by atoms with Crippen molar-refractivity contribution in [2.75, 3.05) is 7.05 Å². The van der Waals surface area contributed by atoms with Crippen molar-refractivity contribution in [3.05, 3.63) is 36.2 Å². The zero-order valence-corrected chi connectivity index (χ0v) is 11.3. The van der Waals surface area contributed by atoms with Crippen LogP contribution in [0.3, 0.4) is 0 Å². The first-order valence-corrected chi connectivity index (χ1v) is 6.79. The van der Waals surface area contributed by atoms with Crippen molar-refractivity contribution in [3.63, 3.8) is 0 Å². The van der Waals surface area contributed by atoms with Crippen LogP contribution in [0.5, 0.6) is 0 Å². The minimum atomic E-state index is -0.913. The minimum Gasteiger partial charge on any atom is -0.336 e. The lowest BCUT2D eigenvalue weighted by molar-refractivity contribution is 0.0667. The molecular weight excluding hydrogens is 257 g/mol. The van der Waals surface area contributed by atoms with Crippen molar-refractivity contribution in [1.29, 1.82) is 0 Å². The first-order chi connectivity index (χ1) is 9.66. The lowest BCUT2D eigenvalue weighted by Gasteiger charge is -2.26. The monoisotopic (exact) mass is 273 g/mol. The van der Waals surface area contributed by atoms with Gasteiger partial charge in [-0.3, -0.25) is 14.8 Å². The fourth-order valence-electron chi connectivity index (χ4n) is 2.78. The Morgan fingerprint density at radius 3 is 2.70 bits per heavy atom. The lowest BCUT2D eigenvalue weighted by atomic mass is 10.1. The van der Waals surface area contributed by atoms with Crippen molar-refractivity contribution >= 4 is 16.9 Å². The number of amides is 1. The van der Waals surface area contributed by atoms with Crippen LogP contribution in [0.25, 0.3) is 11.0 Å². The number of benzene rings is 1. The van der Waals surface area contributed by atoms with E-state index in [4.69, 9.17) is 0 Å². The van der Waals surface area contributed by atoms with Gasteiger partial charge in [0.05, 0.1) is 17.1 Å². The maximum atomic E-state index is 13.8. The number of fused-ring (bicyclic) bond motifs is 1. The van der Waals surface area contributed by atoms with Crippen LogP contribution in [-0.2, 0) is 0 Å². The van der Waals surface area contributed by atoms with E-state index in [9.17, 15) is 9.18 Å². The fourth-order valence-corrected chi connectivity index (χ4v) is 2.78. The summed E-state index contributed by atoms with van der Waals surface area (Å²) in [6.45, 7) is 0. The number of carbonyl (C=O) groups excluding carboxylic acids is 1. The number of rotatable bonds is 2. The molecule has 1 aliphatic carbocycles. The van der Waals surface area contributed by atoms with E-state index in [0.29, 0.717) is 17.5 Å². The van der Waals surface area contributed by atoms with Crippen LogP contribution in [0.1, 0.15) is 29.6 Å². The molecule has 0 saturated heterocycles. The van der Waals surface area contributed by atoms with Crippen LogP contribution < -0.4 is 0 Å². The van der Waals surface area contributed by atoms with Gasteiger partial charge in [-0.05, 0) is 37.5 Å². The molecule has 2 aromatic rings. The summed E-state index contributed by atoms with van der Waals surface area (Å²) >= 11 is 0. The van der Waals surface area contributed by atoms with Gasteiger partial charge in [-0.1, -0.05) is 0 Å². The van der Waals surface area contributed by atoms with Gasteiger partial charge >= 0.3 is 0 Å². The van der Waals surface area contributed by atoms with Crippen molar-refractivity contribution in [2.45, 2.75) is 31.5 Å². The Morgan fingerprint density at radius 2 is 2.00 bits per heavy atom. The summed E-state index contributed by atoms with van der Waals surface area (Å²) in [6, 6.07) is 4.90. The Kier molecular flexibility index (Phi) is 3.34. The van der Waals surface area contributed by atoms with Gasteiger partial charge in [0.25, 0.3) is 5.91 Å². The third-order valence-electron chi connectivity index (χ3n) is 3.93. The summed E-state index contributed by atoms with van der Waals surface area (Å²) in [7, 11) is 1.67. The zero-order valence-electron chi connectivity index (χ0n) is 11.3. The van der Waals surface area contributed by atoms with Gasteiger partial charge in [0.2, 0.25) is 0 Å². The quantitative estimate of drug-likeness (QED) is 0.845. The molecule has 1 aromatic heterocycles. The maximum Gasteiger partial charge on any atom is 0.254 e. The highest BCUT2D eigenvalue weighted by Crippen LogP contribution is 2.27. The highest BCUT2D eigenvalue weighted by Gasteiger charge is 2.33. The van der Waals surface area contributed by atoms with Gasteiger partial charge in [0.15, 0.2) is 0 Å². The average molecular weight is 273 g/mol. The van der Waals surface area contributed by atoms with Gasteiger partial charge in [0.1, 0.15) is 6.17 Å². The number of alkyl halides is 1. The van der Waals surface area contributed by atoms with Crippen molar-refractivity contribution < 1.29 is 9.18 Å². The Balaban J connectivity index is 1.88. The molecule has 1 amide bonds. The zero-order chi connectivity index (χ0) is 14.1. The van der Waals surface area contributed by atoms with Crippen molar-refractivity contribution in [2.24, 2.45) is 0 Å². The number of aromatic nitrogens is 2. The molecule has 0 spiro atoms. The van der Waals surface area contributed by atoms with Crippen molar-refractivity contribution in [3.8, 4) is 0 Å². The molecule has 104 valence electrons. The molecule has 1 aromatic carbocycles. The van der Waals surface area contributed by atoms with Gasteiger partial charge in [-0.2, -0.15) is 0 Å². The van der Waals surface area contributed by atoms with E-state index in [0.717, 1.165) is 18.4 Å². The molecule has 4 nitrogen and oxygen atoms in total. The molecule has 5 heteroatoms. The van der Waals surface area contributed by atoms with Crippen LogP contribution in [0.15, 0.2) is 30.6 Å². The van der Waals surface area contributed by atoms with Gasteiger partial charge in [0, 0.05) is 25.0 Å². The number of carbonyl (C=O) groups is 1. The summed E-state index contributed by atoms with van der Waals surface area (Å²) < 4.78 is 13.8. The maximum absolute atomic E-state index is 13.8. The molecule has 1 aliphatic rings. The van der Waals surface area contributed by atoms with Crippen molar-refractivity contribution in [1.82, 2.24) is 14.9 Å². The molecule has 0 bridgehead atoms. The molecule has 1 heterocycles. The van der Waals surface area contributed by atoms with E-state index in [1.54, 1.807) is 37.6 Å². The number of nitrogens with zero attached hydrogens (tertiary/aromatic N) is 3. The highest BCUT2D eigenvalue weighted by atomic mass is 19.1. The molecule has 0 N–H and O–H groups in total. The normalized spacial score (nSPS) is 22.1. The van der Waals surface area contributed by atoms with Crippen LogP contribution in [-0.4, -0.2) is 40.0 Å². The fraction of sp³-hybridized carbons (Fsp3) is 0.400. The molecule has 0 aliphatic heterocycles. The van der Waals surface area contributed by atoms with Crippen LogP contribution in [0, 0.1) is 0 Å². The van der Waals surface area contributed by atoms with Crippen LogP contribution in [0.4, 0.5) is 4.39 Å². The SMILES string of the molecule is CN(C(=O)c1ccc2nccnc2c1)C1CCCC1F. The third-order valence-corrected chi connectivity index (χ3v) is 3.93. The summed E-state index contributed by atoms with van der Waals surface area (Å²) in [5.41, 5.74) is 1.95. The first kappa shape index (κ1) is 13.0. The average Bonchev–Trinajstić information content (AvgIpc) is 2.91. The molecule has 3 rings (SSSR count). The Morgan fingerprint density at radius 1 is 1.25 bits per heavy atom. The first-order valence-electron chi connectivity index (χ1n) is 6.79. The van der Waals surface area contributed by atoms with Crippen LogP contribution >= 0.6 is 0 Å². The van der Waals surface area contributed by atoms with Gasteiger partial charge in [-0.25, -0.2) is 4.39 Å². The molecule has 1 fully saturated rings. The van der Waals surface area contributed by atoms with Crippen LogP contribution in [0.2, 0.25) is 0 Å². The molecule has 20 heavy (non-hydrogen) atoms. The highest BCUT2D eigenvalue weighted by molar-refractivity contribution is 5.97. The second kappa shape index (κ2) is 5.15. The summed E-state index contributed by atoms with van der Waals surface area (Å²) in [5, 5.41) is 0. The topological polar surface area (TPSA) is 46.1 Å². The lowest BCUT2D eigenvalue weighted by Crippen LogP contribution is -2.40. The molecule has 2 unspecified atom stereocenters. The molecular formula is C15H16FN3O. The Labute approximate surface area is 116 Å². The van der Waals surface area contributed by atoms with E-state index in [1.807, 2.05) is 0 Å². The predicted molar refractivity (Wildman–Crippen MR) is 74.2 cm³/mol.